The van der Waals surface area contributed by atoms with Crippen molar-refractivity contribution in [3.05, 3.63) is 0 Å². The van der Waals surface area contributed by atoms with E-state index in [0.29, 0.717) is 19.7 Å². The van der Waals surface area contributed by atoms with Crippen LogP contribution in [0.1, 0.15) is 26.2 Å². The van der Waals surface area contributed by atoms with Crippen LogP contribution in [0.5, 0.6) is 0 Å². The second kappa shape index (κ2) is 7.61. The van der Waals surface area contributed by atoms with Gasteiger partial charge >= 0.3 is 12.0 Å². The number of hydrogen-bond donors (Lipinski definition) is 2. The SMILES string of the molecule is CCN1CCCC(NC(=O)N2CCOC(CC(=O)O)C2)C1. The van der Waals surface area contributed by atoms with Gasteiger partial charge < -0.3 is 25.0 Å². The van der Waals surface area contributed by atoms with Gasteiger partial charge in [-0.2, -0.15) is 0 Å². The predicted molar refractivity (Wildman–Crippen MR) is 77.2 cm³/mol. The third-order valence-corrected chi connectivity index (χ3v) is 4.11. The molecule has 2 rings (SSSR count). The van der Waals surface area contributed by atoms with Gasteiger partial charge in [-0.15, -0.1) is 0 Å². The minimum atomic E-state index is -0.895. The van der Waals surface area contributed by atoms with Crippen molar-refractivity contribution in [3.8, 4) is 0 Å². The summed E-state index contributed by atoms with van der Waals surface area (Å²) in [6.45, 7) is 6.39. The number of carbonyl (C=O) groups excluding carboxylic acids is 1. The molecular weight excluding hydrogens is 274 g/mol. The van der Waals surface area contributed by atoms with Crippen molar-refractivity contribution in [2.75, 3.05) is 39.3 Å². The number of likely N-dealkylation sites (N-methyl/N-ethyl adjacent to an activating group) is 1. The molecule has 0 saturated carbocycles. The van der Waals surface area contributed by atoms with Gasteiger partial charge in [0.2, 0.25) is 0 Å². The first-order valence-electron chi connectivity index (χ1n) is 7.69. The smallest absolute Gasteiger partial charge is 0.317 e. The summed E-state index contributed by atoms with van der Waals surface area (Å²) in [5.41, 5.74) is 0. The second-order valence-corrected chi connectivity index (χ2v) is 5.72. The molecule has 2 saturated heterocycles. The van der Waals surface area contributed by atoms with Crippen molar-refractivity contribution in [2.24, 2.45) is 0 Å². The van der Waals surface area contributed by atoms with Gasteiger partial charge in [0.05, 0.1) is 19.1 Å². The third kappa shape index (κ3) is 4.86. The van der Waals surface area contributed by atoms with Crippen LogP contribution in [-0.4, -0.2) is 78.4 Å². The highest BCUT2D eigenvalue weighted by Gasteiger charge is 2.28. The molecule has 0 aromatic heterocycles. The number of piperidine rings is 1. The number of amides is 2. The molecule has 2 atom stereocenters. The summed E-state index contributed by atoms with van der Waals surface area (Å²) in [7, 11) is 0. The van der Waals surface area contributed by atoms with E-state index in [0.717, 1.165) is 32.5 Å². The number of urea groups is 1. The van der Waals surface area contributed by atoms with Gasteiger partial charge in [0, 0.05) is 25.7 Å². The first kappa shape index (κ1) is 16.0. The fourth-order valence-corrected chi connectivity index (χ4v) is 2.95. The number of nitrogens with one attached hydrogen (secondary N) is 1. The van der Waals surface area contributed by atoms with E-state index in [1.54, 1.807) is 4.90 Å². The maximum Gasteiger partial charge on any atom is 0.317 e. The van der Waals surface area contributed by atoms with E-state index in [1.807, 2.05) is 0 Å². The highest BCUT2D eigenvalue weighted by Crippen LogP contribution is 2.12. The summed E-state index contributed by atoms with van der Waals surface area (Å²) >= 11 is 0. The predicted octanol–water partition coefficient (Wildman–Crippen LogP) is 0.356. The van der Waals surface area contributed by atoms with E-state index in [2.05, 4.69) is 17.1 Å². The van der Waals surface area contributed by atoms with Gasteiger partial charge in [-0.05, 0) is 25.9 Å². The lowest BCUT2D eigenvalue weighted by atomic mass is 10.1. The average Bonchev–Trinajstić information content (AvgIpc) is 2.47. The van der Waals surface area contributed by atoms with Gasteiger partial charge in [-0.25, -0.2) is 4.79 Å². The second-order valence-electron chi connectivity index (χ2n) is 5.72. The molecule has 0 aromatic carbocycles. The highest BCUT2D eigenvalue weighted by atomic mass is 16.5. The standard InChI is InChI=1S/C14H25N3O4/c1-2-16-5-3-4-11(9-16)15-14(20)17-6-7-21-12(10-17)8-13(18)19/h11-12H,2-10H2,1H3,(H,15,20)(H,18,19). The Hall–Kier alpha value is -1.34. The summed E-state index contributed by atoms with van der Waals surface area (Å²) < 4.78 is 5.38. The van der Waals surface area contributed by atoms with Crippen LogP contribution in [0.2, 0.25) is 0 Å². The van der Waals surface area contributed by atoms with Crippen molar-refractivity contribution >= 4 is 12.0 Å². The zero-order valence-electron chi connectivity index (χ0n) is 12.6. The summed E-state index contributed by atoms with van der Waals surface area (Å²) in [6, 6.07) is 0.0867. The zero-order valence-corrected chi connectivity index (χ0v) is 12.6. The molecule has 2 aliphatic heterocycles. The highest BCUT2D eigenvalue weighted by molar-refractivity contribution is 5.75. The first-order chi connectivity index (χ1) is 10.1. The maximum atomic E-state index is 12.3. The topological polar surface area (TPSA) is 82.1 Å². The quantitative estimate of drug-likeness (QED) is 0.783. The van der Waals surface area contributed by atoms with Crippen LogP contribution in [0.15, 0.2) is 0 Å². The Labute approximate surface area is 125 Å². The molecule has 0 aromatic rings. The van der Waals surface area contributed by atoms with Gasteiger partial charge in [0.1, 0.15) is 0 Å². The molecule has 7 nitrogen and oxygen atoms in total. The van der Waals surface area contributed by atoms with Crippen LogP contribution < -0.4 is 5.32 Å². The van der Waals surface area contributed by atoms with E-state index in [1.165, 1.54) is 0 Å². The number of carbonyl (C=O) groups is 2. The van der Waals surface area contributed by atoms with Crippen molar-refractivity contribution in [3.63, 3.8) is 0 Å². The molecule has 2 fully saturated rings. The number of aliphatic carboxylic acids is 1. The van der Waals surface area contributed by atoms with Gasteiger partial charge in [-0.3, -0.25) is 4.79 Å². The molecular formula is C14H25N3O4. The zero-order chi connectivity index (χ0) is 15.2. The molecule has 2 aliphatic rings. The Morgan fingerprint density at radius 3 is 2.86 bits per heavy atom. The van der Waals surface area contributed by atoms with Crippen molar-refractivity contribution in [1.82, 2.24) is 15.1 Å². The molecule has 0 spiro atoms. The Bertz CT molecular complexity index is 377. The fourth-order valence-electron chi connectivity index (χ4n) is 2.95. The van der Waals surface area contributed by atoms with E-state index >= 15 is 0 Å². The van der Waals surface area contributed by atoms with Gasteiger partial charge in [-0.1, -0.05) is 6.92 Å². The lowest BCUT2D eigenvalue weighted by molar-refractivity contribution is -0.141. The van der Waals surface area contributed by atoms with E-state index in [4.69, 9.17) is 9.84 Å². The third-order valence-electron chi connectivity index (χ3n) is 4.11. The molecule has 2 unspecified atom stereocenters. The van der Waals surface area contributed by atoms with Crippen LogP contribution in [0, 0.1) is 0 Å². The molecule has 0 aliphatic carbocycles. The number of ether oxygens (including phenoxy) is 1. The fraction of sp³-hybridized carbons (Fsp3) is 0.857. The Morgan fingerprint density at radius 2 is 2.14 bits per heavy atom. The number of hydrogen-bond acceptors (Lipinski definition) is 4. The number of carboxylic acids is 1. The summed E-state index contributed by atoms with van der Waals surface area (Å²) in [4.78, 5) is 27.0. The Kier molecular flexibility index (Phi) is 5.81. The van der Waals surface area contributed by atoms with Gasteiger partial charge in [0.15, 0.2) is 0 Å². The van der Waals surface area contributed by atoms with Crippen molar-refractivity contribution in [1.29, 1.82) is 0 Å². The molecule has 2 N–H and O–H groups in total. The lowest BCUT2D eigenvalue weighted by Gasteiger charge is -2.36. The van der Waals surface area contributed by atoms with Crippen molar-refractivity contribution in [2.45, 2.75) is 38.3 Å². The summed E-state index contributed by atoms with van der Waals surface area (Å²) in [5, 5.41) is 11.9. The molecule has 0 radical (unpaired) electrons. The average molecular weight is 299 g/mol. The monoisotopic (exact) mass is 299 g/mol. The normalized spacial score (nSPS) is 27.4. The molecule has 2 heterocycles. The Balaban J connectivity index is 1.80. The van der Waals surface area contributed by atoms with Crippen LogP contribution in [-0.2, 0) is 9.53 Å². The number of morpholine rings is 1. The van der Waals surface area contributed by atoms with Gasteiger partial charge in [0.25, 0.3) is 0 Å². The number of rotatable bonds is 4. The number of carboxylic acid groups (broad SMARTS) is 1. The first-order valence-corrected chi connectivity index (χ1v) is 7.69. The van der Waals surface area contributed by atoms with Crippen molar-refractivity contribution < 1.29 is 19.4 Å². The van der Waals surface area contributed by atoms with E-state index in [-0.39, 0.29) is 18.5 Å². The number of nitrogens with zero attached hydrogens (tertiary/aromatic N) is 2. The lowest BCUT2D eigenvalue weighted by Crippen LogP contribution is -2.55. The molecule has 7 heteroatoms. The Morgan fingerprint density at radius 1 is 1.33 bits per heavy atom. The largest absolute Gasteiger partial charge is 0.481 e. The molecule has 0 bridgehead atoms. The summed E-state index contributed by atoms with van der Waals surface area (Å²) in [5.74, 6) is -0.895. The van der Waals surface area contributed by atoms with Crippen LogP contribution in [0.3, 0.4) is 0 Å². The molecule has 2 amide bonds. The molecule has 21 heavy (non-hydrogen) atoms. The number of likely N-dealkylation sites (tertiary alicyclic amines) is 1. The van der Waals surface area contributed by atoms with Crippen LogP contribution in [0.4, 0.5) is 4.79 Å². The van der Waals surface area contributed by atoms with E-state index in [9.17, 15) is 9.59 Å². The maximum absolute atomic E-state index is 12.3. The minimum absolute atomic E-state index is 0.0587. The van der Waals surface area contributed by atoms with E-state index < -0.39 is 12.1 Å². The minimum Gasteiger partial charge on any atom is -0.481 e. The molecule has 120 valence electrons. The van der Waals surface area contributed by atoms with Crippen LogP contribution >= 0.6 is 0 Å². The van der Waals surface area contributed by atoms with Crippen LogP contribution in [0.25, 0.3) is 0 Å². The summed E-state index contributed by atoms with van der Waals surface area (Å²) in [6.07, 6.45) is 1.64.